The van der Waals surface area contributed by atoms with Gasteiger partial charge in [-0.15, -0.1) is 0 Å². The molecule has 1 aromatic rings. The Morgan fingerprint density at radius 1 is 1.35 bits per heavy atom. The highest BCUT2D eigenvalue weighted by molar-refractivity contribution is 6.30. The van der Waals surface area contributed by atoms with Crippen molar-refractivity contribution in [3.05, 3.63) is 34.6 Å². The van der Waals surface area contributed by atoms with E-state index in [2.05, 4.69) is 26.1 Å². The zero-order chi connectivity index (χ0) is 12.8. The molecule has 0 fully saturated rings. The van der Waals surface area contributed by atoms with Crippen molar-refractivity contribution in [1.29, 1.82) is 0 Å². The summed E-state index contributed by atoms with van der Waals surface area (Å²) in [6.45, 7) is 7.28. The van der Waals surface area contributed by atoms with Crippen molar-refractivity contribution in [3.8, 4) is 0 Å². The first-order valence-electron chi connectivity index (χ1n) is 6.23. The van der Waals surface area contributed by atoms with Gasteiger partial charge in [-0.25, -0.2) is 4.39 Å². The number of hydrogen-bond donors (Lipinski definition) is 1. The molecule has 1 unspecified atom stereocenters. The van der Waals surface area contributed by atoms with Gasteiger partial charge in [0.05, 0.1) is 0 Å². The van der Waals surface area contributed by atoms with Gasteiger partial charge in [0.25, 0.3) is 0 Å². The normalized spacial score (nSPS) is 13.1. The zero-order valence-electron chi connectivity index (χ0n) is 10.8. The van der Waals surface area contributed by atoms with Gasteiger partial charge in [0, 0.05) is 16.6 Å². The van der Waals surface area contributed by atoms with E-state index < -0.39 is 0 Å². The number of hydrogen-bond acceptors (Lipinski definition) is 1. The topological polar surface area (TPSA) is 12.0 Å². The molecule has 0 radical (unpaired) electrons. The van der Waals surface area contributed by atoms with E-state index in [-0.39, 0.29) is 11.9 Å². The smallest absolute Gasteiger partial charge is 0.128 e. The second-order valence-corrected chi connectivity index (χ2v) is 5.24. The van der Waals surface area contributed by atoms with Crippen LogP contribution in [-0.2, 0) is 0 Å². The van der Waals surface area contributed by atoms with E-state index in [4.69, 9.17) is 11.6 Å². The van der Waals surface area contributed by atoms with E-state index in [1.165, 1.54) is 6.07 Å². The molecule has 0 aliphatic carbocycles. The summed E-state index contributed by atoms with van der Waals surface area (Å²) in [6, 6.07) is 4.81. The molecule has 0 aliphatic rings. The Kier molecular flexibility index (Phi) is 5.93. The third-order valence-corrected chi connectivity index (χ3v) is 2.92. The van der Waals surface area contributed by atoms with Crippen LogP contribution in [0.15, 0.2) is 18.2 Å². The lowest BCUT2D eigenvalue weighted by molar-refractivity contribution is 0.416. The molecule has 96 valence electrons. The second kappa shape index (κ2) is 6.97. The summed E-state index contributed by atoms with van der Waals surface area (Å²) in [4.78, 5) is 0. The molecule has 1 atom stereocenters. The fourth-order valence-corrected chi connectivity index (χ4v) is 2.07. The van der Waals surface area contributed by atoms with Crippen LogP contribution in [0.4, 0.5) is 4.39 Å². The van der Waals surface area contributed by atoms with Gasteiger partial charge in [0.2, 0.25) is 0 Å². The van der Waals surface area contributed by atoms with Gasteiger partial charge >= 0.3 is 0 Å². The Morgan fingerprint density at radius 2 is 2.06 bits per heavy atom. The predicted molar refractivity (Wildman–Crippen MR) is 71.9 cm³/mol. The lowest BCUT2D eigenvalue weighted by atomic mass is 9.96. The van der Waals surface area contributed by atoms with Crippen molar-refractivity contribution in [2.24, 2.45) is 5.92 Å². The second-order valence-electron chi connectivity index (χ2n) is 4.80. The summed E-state index contributed by atoms with van der Waals surface area (Å²) in [7, 11) is 0. The Labute approximate surface area is 108 Å². The van der Waals surface area contributed by atoms with Crippen LogP contribution in [0.1, 0.15) is 45.2 Å². The highest BCUT2D eigenvalue weighted by atomic mass is 35.5. The van der Waals surface area contributed by atoms with Gasteiger partial charge in [-0.3, -0.25) is 0 Å². The number of halogens is 2. The molecule has 0 heterocycles. The molecule has 0 amide bonds. The first kappa shape index (κ1) is 14.5. The molecule has 0 saturated carbocycles. The lowest BCUT2D eigenvalue weighted by Gasteiger charge is -2.21. The molecule has 0 spiro atoms. The Bertz CT molecular complexity index is 352. The molecular weight excluding hydrogens is 237 g/mol. The van der Waals surface area contributed by atoms with Crippen molar-refractivity contribution < 1.29 is 4.39 Å². The van der Waals surface area contributed by atoms with E-state index in [1.807, 2.05) is 0 Å². The first-order valence-corrected chi connectivity index (χ1v) is 6.60. The van der Waals surface area contributed by atoms with Crippen molar-refractivity contribution in [2.45, 2.75) is 39.7 Å². The molecule has 0 bridgehead atoms. The number of benzene rings is 1. The molecule has 1 aromatic carbocycles. The minimum absolute atomic E-state index is 0.0497. The van der Waals surface area contributed by atoms with E-state index >= 15 is 0 Å². The molecular formula is C14H21ClFN. The van der Waals surface area contributed by atoms with Crippen LogP contribution >= 0.6 is 11.6 Å². The molecule has 1 nitrogen and oxygen atoms in total. The fourth-order valence-electron chi connectivity index (χ4n) is 1.89. The fraction of sp³-hybridized carbons (Fsp3) is 0.571. The average Bonchev–Trinajstić information content (AvgIpc) is 2.27. The van der Waals surface area contributed by atoms with Crippen LogP contribution in [0, 0.1) is 11.7 Å². The Balaban J connectivity index is 2.90. The van der Waals surface area contributed by atoms with Crippen LogP contribution in [0.5, 0.6) is 0 Å². The van der Waals surface area contributed by atoms with Crippen LogP contribution in [0.2, 0.25) is 5.02 Å². The minimum Gasteiger partial charge on any atom is -0.310 e. The molecule has 0 aromatic heterocycles. The summed E-state index contributed by atoms with van der Waals surface area (Å²) in [5, 5.41) is 3.98. The molecule has 0 saturated heterocycles. The summed E-state index contributed by atoms with van der Waals surface area (Å²) in [5.74, 6) is 0.339. The van der Waals surface area contributed by atoms with Crippen molar-refractivity contribution >= 4 is 11.6 Å². The standard InChI is InChI=1S/C14H21ClFN/c1-4-7-17-14(8-10(2)3)12-9-11(15)5-6-13(12)16/h5-6,9-10,14,17H,4,7-8H2,1-3H3. The molecule has 3 heteroatoms. The maximum Gasteiger partial charge on any atom is 0.128 e. The molecule has 0 aliphatic heterocycles. The van der Waals surface area contributed by atoms with Crippen LogP contribution in [-0.4, -0.2) is 6.54 Å². The maximum absolute atomic E-state index is 13.8. The number of nitrogens with one attached hydrogen (secondary N) is 1. The third kappa shape index (κ3) is 4.64. The summed E-state index contributed by atoms with van der Waals surface area (Å²) >= 11 is 5.94. The molecule has 1 rings (SSSR count). The largest absolute Gasteiger partial charge is 0.310 e. The number of rotatable bonds is 6. The zero-order valence-corrected chi connectivity index (χ0v) is 11.5. The quantitative estimate of drug-likeness (QED) is 0.787. The first-order chi connectivity index (χ1) is 8.04. The van der Waals surface area contributed by atoms with Crippen LogP contribution < -0.4 is 5.32 Å². The van der Waals surface area contributed by atoms with E-state index in [9.17, 15) is 4.39 Å². The highest BCUT2D eigenvalue weighted by Crippen LogP contribution is 2.26. The van der Waals surface area contributed by atoms with Gasteiger partial charge in [0.1, 0.15) is 5.82 Å². The van der Waals surface area contributed by atoms with Gasteiger partial charge in [-0.05, 0) is 43.5 Å². The molecule has 1 N–H and O–H groups in total. The predicted octanol–water partition coefficient (Wildman–Crippen LogP) is 4.57. The van der Waals surface area contributed by atoms with Gasteiger partial charge in [0.15, 0.2) is 0 Å². The van der Waals surface area contributed by atoms with E-state index in [0.29, 0.717) is 16.5 Å². The van der Waals surface area contributed by atoms with Gasteiger partial charge in [-0.1, -0.05) is 32.4 Å². The van der Waals surface area contributed by atoms with Crippen LogP contribution in [0.25, 0.3) is 0 Å². The van der Waals surface area contributed by atoms with E-state index in [0.717, 1.165) is 19.4 Å². The summed E-state index contributed by atoms with van der Waals surface area (Å²) in [5.41, 5.74) is 0.680. The monoisotopic (exact) mass is 257 g/mol. The average molecular weight is 258 g/mol. The van der Waals surface area contributed by atoms with Gasteiger partial charge < -0.3 is 5.32 Å². The lowest BCUT2D eigenvalue weighted by Crippen LogP contribution is -2.24. The Morgan fingerprint density at radius 3 is 2.65 bits per heavy atom. The van der Waals surface area contributed by atoms with Crippen molar-refractivity contribution in [2.75, 3.05) is 6.54 Å². The summed E-state index contributed by atoms with van der Waals surface area (Å²) in [6.07, 6.45) is 1.95. The van der Waals surface area contributed by atoms with E-state index in [1.54, 1.807) is 12.1 Å². The van der Waals surface area contributed by atoms with Crippen molar-refractivity contribution in [1.82, 2.24) is 5.32 Å². The minimum atomic E-state index is -0.177. The summed E-state index contributed by atoms with van der Waals surface area (Å²) < 4.78 is 13.8. The maximum atomic E-state index is 13.8. The Hall–Kier alpha value is -0.600. The molecule has 17 heavy (non-hydrogen) atoms. The third-order valence-electron chi connectivity index (χ3n) is 2.68. The van der Waals surface area contributed by atoms with Gasteiger partial charge in [-0.2, -0.15) is 0 Å². The van der Waals surface area contributed by atoms with Crippen LogP contribution in [0.3, 0.4) is 0 Å². The SMILES string of the molecule is CCCNC(CC(C)C)c1cc(Cl)ccc1F. The highest BCUT2D eigenvalue weighted by Gasteiger charge is 2.16. The van der Waals surface area contributed by atoms with Crippen molar-refractivity contribution in [3.63, 3.8) is 0 Å².